The normalized spacial score (nSPS) is 19.6. The van der Waals surface area contributed by atoms with Gasteiger partial charge in [-0.1, -0.05) is 0 Å². The molecule has 0 radical (unpaired) electrons. The number of ether oxygens (including phenoxy) is 1. The van der Waals surface area contributed by atoms with E-state index in [9.17, 15) is 26.4 Å². The van der Waals surface area contributed by atoms with Crippen molar-refractivity contribution in [2.75, 3.05) is 18.1 Å². The fourth-order valence-corrected chi connectivity index (χ4v) is 3.96. The second-order valence-corrected chi connectivity index (χ2v) is 9.43. The molecule has 0 bridgehead atoms. The molecular weight excluding hydrogens is 347 g/mol. The molecule has 1 aliphatic rings. The SMILES string of the molecule is CC(C)(C)OC(=O)N1CCC[C@@H]1CCCS(=O)(=O)CCC(F)(F)F. The number of halogens is 3. The molecule has 0 aromatic carbocycles. The highest BCUT2D eigenvalue weighted by Crippen LogP contribution is 2.25. The van der Waals surface area contributed by atoms with Gasteiger partial charge in [0.25, 0.3) is 0 Å². The molecule has 0 saturated carbocycles. The third-order valence-corrected chi connectivity index (χ3v) is 5.43. The summed E-state index contributed by atoms with van der Waals surface area (Å²) >= 11 is 0. The van der Waals surface area contributed by atoms with Crippen LogP contribution in [0.3, 0.4) is 0 Å². The molecule has 0 N–H and O–H groups in total. The summed E-state index contributed by atoms with van der Waals surface area (Å²) in [5.74, 6) is -1.17. The lowest BCUT2D eigenvalue weighted by atomic mass is 10.1. The van der Waals surface area contributed by atoms with Crippen LogP contribution in [0, 0.1) is 0 Å². The Hall–Kier alpha value is -0.990. The molecule has 1 aliphatic heterocycles. The van der Waals surface area contributed by atoms with Crippen LogP contribution in [0.1, 0.15) is 52.9 Å². The first-order chi connectivity index (χ1) is 10.8. The largest absolute Gasteiger partial charge is 0.444 e. The van der Waals surface area contributed by atoms with E-state index in [2.05, 4.69) is 0 Å². The molecule has 1 heterocycles. The first-order valence-corrected chi connectivity index (χ1v) is 9.88. The fourth-order valence-electron chi connectivity index (χ4n) is 2.61. The number of carbonyl (C=O) groups excluding carboxylic acids is 1. The summed E-state index contributed by atoms with van der Waals surface area (Å²) in [6.45, 7) is 5.86. The molecule has 0 spiro atoms. The first kappa shape index (κ1) is 21.1. The number of likely N-dealkylation sites (tertiary alicyclic amines) is 1. The van der Waals surface area contributed by atoms with Crippen molar-refractivity contribution in [2.45, 2.75) is 70.7 Å². The Kier molecular flexibility index (Phi) is 6.95. The van der Waals surface area contributed by atoms with Gasteiger partial charge in [0.15, 0.2) is 9.84 Å². The predicted molar refractivity (Wildman–Crippen MR) is 84.5 cm³/mol. The second-order valence-electron chi connectivity index (χ2n) is 7.13. The van der Waals surface area contributed by atoms with Gasteiger partial charge in [-0.3, -0.25) is 0 Å². The van der Waals surface area contributed by atoms with Crippen LogP contribution in [-0.2, 0) is 14.6 Å². The van der Waals surface area contributed by atoms with Crippen LogP contribution in [0.4, 0.5) is 18.0 Å². The van der Waals surface area contributed by atoms with Gasteiger partial charge in [0, 0.05) is 12.6 Å². The summed E-state index contributed by atoms with van der Waals surface area (Å²) in [4.78, 5) is 13.7. The fraction of sp³-hybridized carbons (Fsp3) is 0.933. The van der Waals surface area contributed by atoms with Crippen molar-refractivity contribution in [3.8, 4) is 0 Å². The van der Waals surface area contributed by atoms with Crippen LogP contribution in [0.2, 0.25) is 0 Å². The van der Waals surface area contributed by atoms with Gasteiger partial charge in [0.2, 0.25) is 0 Å². The Morgan fingerprint density at radius 3 is 2.38 bits per heavy atom. The van der Waals surface area contributed by atoms with Gasteiger partial charge in [0.05, 0.1) is 17.9 Å². The van der Waals surface area contributed by atoms with E-state index >= 15 is 0 Å². The third-order valence-electron chi connectivity index (χ3n) is 3.69. The lowest BCUT2D eigenvalue weighted by Gasteiger charge is -2.28. The quantitative estimate of drug-likeness (QED) is 0.714. The topological polar surface area (TPSA) is 63.7 Å². The molecule has 1 atom stereocenters. The molecule has 0 aromatic rings. The summed E-state index contributed by atoms with van der Waals surface area (Å²) in [6.07, 6.45) is -3.96. The molecular formula is C15H26F3NO4S. The molecule has 1 rings (SSSR count). The van der Waals surface area contributed by atoms with Gasteiger partial charge in [-0.25, -0.2) is 13.2 Å². The maximum atomic E-state index is 12.1. The van der Waals surface area contributed by atoms with E-state index in [1.165, 1.54) is 0 Å². The van der Waals surface area contributed by atoms with E-state index in [1.54, 1.807) is 25.7 Å². The average Bonchev–Trinajstić information content (AvgIpc) is 2.82. The predicted octanol–water partition coefficient (Wildman–Crippen LogP) is 3.53. The van der Waals surface area contributed by atoms with Crippen molar-refractivity contribution in [3.05, 3.63) is 0 Å². The van der Waals surface area contributed by atoms with Gasteiger partial charge in [-0.15, -0.1) is 0 Å². The van der Waals surface area contributed by atoms with Crippen molar-refractivity contribution >= 4 is 15.9 Å². The number of alkyl halides is 3. The zero-order chi connectivity index (χ0) is 18.6. The summed E-state index contributed by atoms with van der Waals surface area (Å²) in [5.41, 5.74) is -0.606. The number of amides is 1. The molecule has 5 nitrogen and oxygen atoms in total. The molecule has 142 valence electrons. The number of sulfone groups is 1. The van der Waals surface area contributed by atoms with Crippen molar-refractivity contribution in [3.63, 3.8) is 0 Å². The van der Waals surface area contributed by atoms with E-state index in [0.717, 1.165) is 12.8 Å². The molecule has 24 heavy (non-hydrogen) atoms. The smallest absolute Gasteiger partial charge is 0.410 e. The summed E-state index contributed by atoms with van der Waals surface area (Å²) in [7, 11) is -3.73. The van der Waals surface area contributed by atoms with Crippen LogP contribution in [0.25, 0.3) is 0 Å². The third kappa shape index (κ3) is 8.21. The highest BCUT2D eigenvalue weighted by Gasteiger charge is 2.33. The standard InChI is InChI=1S/C15H26F3NO4S/c1-14(2,3)23-13(20)19-9-4-6-12(19)7-5-10-24(21,22)11-8-15(16,17)18/h12H,4-11H2,1-3H3/t12-/m1/s1. The zero-order valence-corrected chi connectivity index (χ0v) is 15.2. The van der Waals surface area contributed by atoms with Gasteiger partial charge in [0.1, 0.15) is 5.60 Å². The van der Waals surface area contributed by atoms with Crippen LogP contribution < -0.4 is 0 Å². The lowest BCUT2D eigenvalue weighted by Crippen LogP contribution is -2.40. The van der Waals surface area contributed by atoms with Crippen molar-refractivity contribution < 1.29 is 31.1 Å². The van der Waals surface area contributed by atoms with Gasteiger partial charge in [-0.05, 0) is 46.5 Å². The number of carbonyl (C=O) groups is 1. The maximum absolute atomic E-state index is 12.1. The number of hydrogen-bond donors (Lipinski definition) is 0. The van der Waals surface area contributed by atoms with Crippen LogP contribution in [-0.4, -0.2) is 55.3 Å². The molecule has 0 aliphatic carbocycles. The van der Waals surface area contributed by atoms with E-state index in [0.29, 0.717) is 13.0 Å². The van der Waals surface area contributed by atoms with Crippen LogP contribution >= 0.6 is 0 Å². The minimum atomic E-state index is -4.47. The number of nitrogens with zero attached hydrogens (tertiary/aromatic N) is 1. The monoisotopic (exact) mass is 373 g/mol. The summed E-state index contributed by atoms with van der Waals surface area (Å²) < 4.78 is 64.9. The van der Waals surface area contributed by atoms with Gasteiger partial charge < -0.3 is 9.64 Å². The Balaban J connectivity index is 2.44. The summed E-state index contributed by atoms with van der Waals surface area (Å²) in [6, 6.07) is -0.113. The average molecular weight is 373 g/mol. The maximum Gasteiger partial charge on any atom is 0.410 e. The Morgan fingerprint density at radius 2 is 1.83 bits per heavy atom. The van der Waals surface area contributed by atoms with Gasteiger partial charge >= 0.3 is 12.3 Å². The number of rotatable bonds is 6. The van der Waals surface area contributed by atoms with Crippen molar-refractivity contribution in [2.24, 2.45) is 0 Å². The minimum Gasteiger partial charge on any atom is -0.444 e. The van der Waals surface area contributed by atoms with Crippen molar-refractivity contribution in [1.29, 1.82) is 0 Å². The van der Waals surface area contributed by atoms with Crippen LogP contribution in [0.15, 0.2) is 0 Å². The van der Waals surface area contributed by atoms with E-state index in [-0.39, 0.29) is 18.2 Å². The molecule has 1 saturated heterocycles. The molecule has 1 amide bonds. The molecule has 1 fully saturated rings. The minimum absolute atomic E-state index is 0.113. The number of hydrogen-bond acceptors (Lipinski definition) is 4. The lowest BCUT2D eigenvalue weighted by molar-refractivity contribution is -0.129. The Morgan fingerprint density at radius 1 is 1.21 bits per heavy atom. The van der Waals surface area contributed by atoms with E-state index in [4.69, 9.17) is 4.74 Å². The highest BCUT2D eigenvalue weighted by atomic mass is 32.2. The second kappa shape index (κ2) is 7.93. The Bertz CT molecular complexity index is 526. The molecule has 0 unspecified atom stereocenters. The molecule has 9 heteroatoms. The van der Waals surface area contributed by atoms with Crippen molar-refractivity contribution in [1.82, 2.24) is 4.90 Å². The summed E-state index contributed by atoms with van der Waals surface area (Å²) in [5, 5.41) is 0. The first-order valence-electron chi connectivity index (χ1n) is 8.06. The molecule has 0 aromatic heterocycles. The Labute approximate surface area is 141 Å². The highest BCUT2D eigenvalue weighted by molar-refractivity contribution is 7.91. The van der Waals surface area contributed by atoms with Crippen LogP contribution in [0.5, 0.6) is 0 Å². The van der Waals surface area contributed by atoms with E-state index < -0.39 is 39.9 Å². The van der Waals surface area contributed by atoms with E-state index in [1.807, 2.05) is 0 Å². The zero-order valence-electron chi connectivity index (χ0n) is 14.4. The van der Waals surface area contributed by atoms with Gasteiger partial charge in [-0.2, -0.15) is 13.2 Å².